The van der Waals surface area contributed by atoms with Gasteiger partial charge in [-0.2, -0.15) is 0 Å². The molecular weight excluding hydrogens is 547 g/mol. The van der Waals surface area contributed by atoms with Gasteiger partial charge in [0.1, 0.15) is 17.1 Å². The average Bonchev–Trinajstić information content (AvgIpc) is 3.44. The van der Waals surface area contributed by atoms with Gasteiger partial charge in [-0.1, -0.05) is 12.1 Å². The van der Waals surface area contributed by atoms with E-state index in [0.29, 0.717) is 31.2 Å². The van der Waals surface area contributed by atoms with Crippen LogP contribution in [0.4, 0.5) is 0 Å². The number of halogens is 1. The number of primary sulfonamides is 1. The molecule has 5 N–H and O–H groups in total. The first-order valence-corrected chi connectivity index (χ1v) is 11.2. The molecule has 0 saturated heterocycles. The van der Waals surface area contributed by atoms with Crippen molar-refractivity contribution in [3.05, 3.63) is 78.1 Å². The third-order valence-corrected chi connectivity index (χ3v) is 5.50. The van der Waals surface area contributed by atoms with E-state index < -0.39 is 15.6 Å². The van der Waals surface area contributed by atoms with Crippen molar-refractivity contribution in [1.82, 2.24) is 10.6 Å². The number of guanidine groups is 1. The minimum atomic E-state index is -3.74. The minimum Gasteiger partial charge on any atom is -0.469 e. The number of hydrogen-bond acceptors (Lipinski definition) is 6. The molecule has 3 rings (SSSR count). The van der Waals surface area contributed by atoms with Gasteiger partial charge in [0.25, 0.3) is 0 Å². The van der Waals surface area contributed by atoms with Gasteiger partial charge < -0.3 is 24.6 Å². The van der Waals surface area contributed by atoms with Crippen LogP contribution >= 0.6 is 24.0 Å². The Labute approximate surface area is 204 Å². The largest absolute Gasteiger partial charge is 0.469 e. The lowest BCUT2D eigenvalue weighted by Gasteiger charge is -2.23. The molecule has 0 spiro atoms. The third-order valence-electron chi connectivity index (χ3n) is 4.57. The number of aliphatic hydroxyl groups is 1. The fraction of sp³-hybridized carbons (Fsp3) is 0.286. The summed E-state index contributed by atoms with van der Waals surface area (Å²) in [4.78, 5) is 4.58. The van der Waals surface area contributed by atoms with Crippen molar-refractivity contribution in [3.63, 3.8) is 0 Å². The molecule has 9 nitrogen and oxygen atoms in total. The first-order valence-electron chi connectivity index (χ1n) is 9.67. The van der Waals surface area contributed by atoms with E-state index in [0.717, 1.165) is 11.3 Å². The van der Waals surface area contributed by atoms with Gasteiger partial charge in [0.05, 0.1) is 30.5 Å². The van der Waals surface area contributed by atoms with Gasteiger partial charge in [-0.25, -0.2) is 18.5 Å². The zero-order valence-corrected chi connectivity index (χ0v) is 20.7. The Balaban J connectivity index is 0.00000363. The summed E-state index contributed by atoms with van der Waals surface area (Å²) >= 11 is 0. The van der Waals surface area contributed by atoms with E-state index in [-0.39, 0.29) is 35.4 Å². The van der Waals surface area contributed by atoms with Crippen LogP contribution in [0.15, 0.2) is 79.8 Å². The second-order valence-corrected chi connectivity index (χ2v) is 8.78. The molecular formula is C21H27IN4O5S. The standard InChI is InChI=1S/C21H26N4O5S.HI/c1-21(26,19-5-3-13-30-19)15-25-20(23-11-10-17-4-2-12-29-17)24-14-16-6-8-18(9-7-16)31(22,27)28;/h2-9,12-13,26H,10-11,14-15H2,1H3,(H2,22,27,28)(H2,23,24,25);1H. The van der Waals surface area contributed by atoms with E-state index in [9.17, 15) is 13.5 Å². The maximum absolute atomic E-state index is 11.4. The highest BCUT2D eigenvalue weighted by molar-refractivity contribution is 14.0. The summed E-state index contributed by atoms with van der Waals surface area (Å²) in [5.74, 6) is 1.76. The lowest BCUT2D eigenvalue weighted by atomic mass is 10.0. The Morgan fingerprint density at radius 2 is 1.78 bits per heavy atom. The second kappa shape index (κ2) is 11.5. The van der Waals surface area contributed by atoms with Crippen molar-refractivity contribution in [3.8, 4) is 0 Å². The van der Waals surface area contributed by atoms with Crippen molar-refractivity contribution in [2.75, 3.05) is 13.1 Å². The summed E-state index contributed by atoms with van der Waals surface area (Å²) in [6.07, 6.45) is 3.78. The number of nitrogens with two attached hydrogens (primary N) is 1. The van der Waals surface area contributed by atoms with Gasteiger partial charge in [-0.3, -0.25) is 0 Å². The van der Waals surface area contributed by atoms with E-state index >= 15 is 0 Å². The Morgan fingerprint density at radius 1 is 1.09 bits per heavy atom. The molecule has 0 fully saturated rings. The predicted molar refractivity (Wildman–Crippen MR) is 131 cm³/mol. The normalized spacial score (nSPS) is 13.8. The molecule has 0 saturated carbocycles. The van der Waals surface area contributed by atoms with Gasteiger partial charge in [-0.15, -0.1) is 24.0 Å². The van der Waals surface area contributed by atoms with Crippen molar-refractivity contribution in [1.29, 1.82) is 0 Å². The van der Waals surface area contributed by atoms with Crippen LogP contribution in [0, 0.1) is 0 Å². The van der Waals surface area contributed by atoms with Crippen molar-refractivity contribution in [2.24, 2.45) is 10.1 Å². The molecule has 32 heavy (non-hydrogen) atoms. The Bertz CT molecular complexity index is 1080. The molecule has 2 heterocycles. The number of benzene rings is 1. The van der Waals surface area contributed by atoms with Crippen LogP contribution in [0.25, 0.3) is 0 Å². The molecule has 1 aromatic carbocycles. The van der Waals surface area contributed by atoms with Gasteiger partial charge >= 0.3 is 0 Å². The van der Waals surface area contributed by atoms with Crippen LogP contribution in [0.1, 0.15) is 24.0 Å². The van der Waals surface area contributed by atoms with Gasteiger partial charge in [-0.05, 0) is 48.9 Å². The number of sulfonamides is 1. The molecule has 0 aliphatic carbocycles. The number of nitrogens with zero attached hydrogens (tertiary/aromatic N) is 1. The smallest absolute Gasteiger partial charge is 0.238 e. The lowest BCUT2D eigenvalue weighted by molar-refractivity contribution is 0.0386. The number of nitrogens with one attached hydrogen (secondary N) is 2. The monoisotopic (exact) mass is 574 g/mol. The molecule has 0 aliphatic heterocycles. The fourth-order valence-corrected chi connectivity index (χ4v) is 3.33. The van der Waals surface area contributed by atoms with E-state index in [1.165, 1.54) is 18.4 Å². The highest BCUT2D eigenvalue weighted by Crippen LogP contribution is 2.19. The van der Waals surface area contributed by atoms with Crippen molar-refractivity contribution < 1.29 is 22.4 Å². The molecule has 174 valence electrons. The summed E-state index contributed by atoms with van der Waals surface area (Å²) in [7, 11) is -3.74. The summed E-state index contributed by atoms with van der Waals surface area (Å²) in [6.45, 7) is 2.67. The molecule has 11 heteroatoms. The number of rotatable bonds is 9. The molecule has 2 aromatic heterocycles. The van der Waals surface area contributed by atoms with Crippen LogP contribution in [-0.4, -0.2) is 32.6 Å². The summed E-state index contributed by atoms with van der Waals surface area (Å²) in [6, 6.07) is 13.3. The summed E-state index contributed by atoms with van der Waals surface area (Å²) in [5.41, 5.74) is -0.429. The Hall–Kier alpha value is -2.35. The zero-order chi connectivity index (χ0) is 22.3. The second-order valence-electron chi connectivity index (χ2n) is 7.21. The Morgan fingerprint density at radius 3 is 2.38 bits per heavy atom. The van der Waals surface area contributed by atoms with Gasteiger partial charge in [0.2, 0.25) is 10.0 Å². The fourth-order valence-electron chi connectivity index (χ4n) is 2.82. The maximum atomic E-state index is 11.4. The number of hydrogen-bond donors (Lipinski definition) is 4. The maximum Gasteiger partial charge on any atom is 0.238 e. The molecule has 1 unspecified atom stereocenters. The van der Waals surface area contributed by atoms with Gasteiger partial charge in [0, 0.05) is 13.0 Å². The van der Waals surface area contributed by atoms with Crippen LogP contribution in [0.2, 0.25) is 0 Å². The van der Waals surface area contributed by atoms with Crippen LogP contribution in [0.5, 0.6) is 0 Å². The quantitative estimate of drug-likeness (QED) is 0.175. The Kier molecular flexibility index (Phi) is 9.31. The zero-order valence-electron chi connectivity index (χ0n) is 17.5. The summed E-state index contributed by atoms with van der Waals surface area (Å²) < 4.78 is 33.4. The number of furan rings is 2. The van der Waals surface area contributed by atoms with E-state index in [1.807, 2.05) is 12.1 Å². The highest BCUT2D eigenvalue weighted by Gasteiger charge is 2.26. The topological polar surface area (TPSA) is 143 Å². The van der Waals surface area contributed by atoms with E-state index in [1.54, 1.807) is 37.5 Å². The molecule has 0 aliphatic rings. The molecule has 0 radical (unpaired) electrons. The molecule has 1 atom stereocenters. The average molecular weight is 574 g/mol. The van der Waals surface area contributed by atoms with Gasteiger partial charge in [0.15, 0.2) is 5.96 Å². The third kappa shape index (κ3) is 7.65. The first kappa shape index (κ1) is 25.9. The number of aliphatic imine (C=N–C) groups is 1. The minimum absolute atomic E-state index is 0. The first-order chi connectivity index (χ1) is 14.7. The lowest BCUT2D eigenvalue weighted by Crippen LogP contribution is -2.45. The SMILES string of the molecule is CC(O)(CNC(=NCc1ccc(S(N)(=O)=O)cc1)NCCc1ccco1)c1ccco1.I. The summed E-state index contributed by atoms with van der Waals surface area (Å²) in [5, 5.41) is 22.1. The molecule has 0 bridgehead atoms. The van der Waals surface area contributed by atoms with Crippen molar-refractivity contribution >= 4 is 40.0 Å². The predicted octanol–water partition coefficient (Wildman–Crippen LogP) is 2.32. The molecule has 0 amide bonds. The van der Waals surface area contributed by atoms with E-state index in [2.05, 4.69) is 15.6 Å². The van der Waals surface area contributed by atoms with E-state index in [4.69, 9.17) is 14.0 Å². The van der Waals surface area contributed by atoms with Crippen LogP contribution in [-0.2, 0) is 28.6 Å². The van der Waals surface area contributed by atoms with Crippen LogP contribution in [0.3, 0.4) is 0 Å². The van der Waals surface area contributed by atoms with Crippen molar-refractivity contribution in [2.45, 2.75) is 30.4 Å². The molecule has 3 aromatic rings. The highest BCUT2D eigenvalue weighted by atomic mass is 127. The van der Waals surface area contributed by atoms with Crippen LogP contribution < -0.4 is 15.8 Å².